The Morgan fingerprint density at radius 1 is 1.03 bits per heavy atom. The van der Waals surface area contributed by atoms with Crippen LogP contribution in [0.2, 0.25) is 0 Å². The lowest BCUT2D eigenvalue weighted by atomic mass is 10.0. The highest BCUT2D eigenvalue weighted by atomic mass is 16.5. The van der Waals surface area contributed by atoms with E-state index in [9.17, 15) is 14.4 Å². The Labute approximate surface area is 204 Å². The molecule has 1 N–H and O–H groups in total. The molecule has 9 nitrogen and oxygen atoms in total. The third-order valence-electron chi connectivity index (χ3n) is 5.71. The molecule has 0 aliphatic carbocycles. The van der Waals surface area contributed by atoms with Crippen LogP contribution in [0, 0.1) is 20.8 Å². The van der Waals surface area contributed by atoms with Crippen molar-refractivity contribution in [1.29, 1.82) is 0 Å². The van der Waals surface area contributed by atoms with Gasteiger partial charge < -0.3 is 19.5 Å². The first kappa shape index (κ1) is 25.7. The first-order valence-electron chi connectivity index (χ1n) is 11.3. The molecule has 1 heterocycles. The maximum absolute atomic E-state index is 12.8. The van der Waals surface area contributed by atoms with Crippen molar-refractivity contribution >= 4 is 28.5 Å². The second-order valence-electron chi connectivity index (χ2n) is 8.47. The van der Waals surface area contributed by atoms with Crippen LogP contribution in [0.25, 0.3) is 10.9 Å². The number of aromatic nitrogens is 2. The fourth-order valence-electron chi connectivity index (χ4n) is 3.95. The molecule has 1 amide bonds. The van der Waals surface area contributed by atoms with E-state index < -0.39 is 18.0 Å². The number of amides is 1. The predicted molar refractivity (Wildman–Crippen MR) is 133 cm³/mol. The lowest BCUT2D eigenvalue weighted by Gasteiger charge is -2.17. The summed E-state index contributed by atoms with van der Waals surface area (Å²) in [6.45, 7) is 7.63. The number of nitrogens with zero attached hydrogens (tertiary/aromatic N) is 2. The second kappa shape index (κ2) is 11.0. The van der Waals surface area contributed by atoms with Crippen molar-refractivity contribution in [3.63, 3.8) is 0 Å². The third kappa shape index (κ3) is 5.98. The molecule has 0 saturated carbocycles. The zero-order chi connectivity index (χ0) is 25.7. The Kier molecular flexibility index (Phi) is 8.11. The molecular weight excluding hydrogens is 450 g/mol. The minimum absolute atomic E-state index is 0.0522. The number of aryl methyl sites for hydroxylation is 4. The summed E-state index contributed by atoms with van der Waals surface area (Å²) in [5.41, 5.74) is 3.96. The number of fused-ring (bicyclic) bond motifs is 1. The van der Waals surface area contributed by atoms with Crippen molar-refractivity contribution < 1.29 is 23.8 Å². The van der Waals surface area contributed by atoms with Crippen molar-refractivity contribution in [1.82, 2.24) is 9.55 Å². The van der Waals surface area contributed by atoms with Crippen LogP contribution in [0.5, 0.6) is 11.5 Å². The Balaban J connectivity index is 1.57. The Bertz CT molecular complexity index is 1290. The fraction of sp³-hybridized carbons (Fsp3) is 0.385. The first-order chi connectivity index (χ1) is 16.6. The molecule has 0 fully saturated rings. The van der Waals surface area contributed by atoms with E-state index in [1.54, 1.807) is 12.1 Å². The number of ether oxygens (including phenoxy) is 3. The van der Waals surface area contributed by atoms with Crippen molar-refractivity contribution in [2.45, 2.75) is 53.2 Å². The van der Waals surface area contributed by atoms with E-state index in [2.05, 4.69) is 10.3 Å². The molecule has 3 rings (SSSR count). The molecule has 2 aromatic carbocycles. The number of carbonyl (C=O) groups excluding carboxylic acids is 2. The number of hydrogen-bond acceptors (Lipinski definition) is 7. The molecule has 3 aromatic rings. The van der Waals surface area contributed by atoms with Gasteiger partial charge in [-0.1, -0.05) is 17.7 Å². The maximum Gasteiger partial charge on any atom is 0.306 e. The summed E-state index contributed by atoms with van der Waals surface area (Å²) < 4.78 is 17.2. The summed E-state index contributed by atoms with van der Waals surface area (Å²) in [6, 6.07) is 7.19. The molecule has 0 saturated heterocycles. The fourth-order valence-corrected chi connectivity index (χ4v) is 3.95. The van der Waals surface area contributed by atoms with Gasteiger partial charge in [0.2, 0.25) is 0 Å². The van der Waals surface area contributed by atoms with Crippen molar-refractivity contribution in [2.24, 2.45) is 0 Å². The molecule has 1 atom stereocenters. The predicted octanol–water partition coefficient (Wildman–Crippen LogP) is 3.69. The number of nitrogens with one attached hydrogen (secondary N) is 1. The van der Waals surface area contributed by atoms with Gasteiger partial charge in [0.25, 0.3) is 11.5 Å². The Morgan fingerprint density at radius 2 is 1.66 bits per heavy atom. The average Bonchev–Trinajstić information content (AvgIpc) is 2.81. The van der Waals surface area contributed by atoms with E-state index in [1.807, 2.05) is 32.9 Å². The van der Waals surface area contributed by atoms with E-state index in [1.165, 1.54) is 32.0 Å². The number of anilines is 1. The van der Waals surface area contributed by atoms with Crippen LogP contribution in [0.15, 0.2) is 35.4 Å². The van der Waals surface area contributed by atoms with Crippen molar-refractivity contribution in [3.8, 4) is 11.5 Å². The monoisotopic (exact) mass is 481 g/mol. The first-order valence-corrected chi connectivity index (χ1v) is 11.3. The van der Waals surface area contributed by atoms with Crippen LogP contribution in [-0.2, 0) is 20.9 Å². The van der Waals surface area contributed by atoms with Gasteiger partial charge in [-0.3, -0.25) is 19.0 Å². The zero-order valence-electron chi connectivity index (χ0n) is 20.9. The minimum Gasteiger partial charge on any atom is -0.493 e. The normalized spacial score (nSPS) is 11.7. The summed E-state index contributed by atoms with van der Waals surface area (Å²) in [5.74, 6) is 0.00713. The molecular formula is C26H31N3O6. The SMILES string of the molecule is COc1cc2ncn(CCCC(=O)OC(C)C(=O)Nc3c(C)cc(C)cc3C)c(=O)c2cc1OC. The van der Waals surface area contributed by atoms with Gasteiger partial charge in [-0.15, -0.1) is 0 Å². The summed E-state index contributed by atoms with van der Waals surface area (Å²) in [5, 5.41) is 3.23. The van der Waals surface area contributed by atoms with Gasteiger partial charge in [0.05, 0.1) is 31.4 Å². The van der Waals surface area contributed by atoms with Gasteiger partial charge in [0.15, 0.2) is 17.6 Å². The van der Waals surface area contributed by atoms with Gasteiger partial charge >= 0.3 is 5.97 Å². The van der Waals surface area contributed by atoms with E-state index in [4.69, 9.17) is 14.2 Å². The minimum atomic E-state index is -0.949. The Hall–Kier alpha value is -3.88. The van der Waals surface area contributed by atoms with Gasteiger partial charge in [-0.05, 0) is 51.3 Å². The standard InChI is InChI=1S/C26H31N3O6/c1-15-10-16(2)24(17(3)11-15)28-25(31)18(4)35-23(30)8-7-9-29-14-27-20-13-22(34-6)21(33-5)12-19(20)26(29)32/h10-14,18H,7-9H2,1-6H3,(H,28,31). The van der Waals surface area contributed by atoms with Crippen molar-refractivity contribution in [2.75, 3.05) is 19.5 Å². The molecule has 35 heavy (non-hydrogen) atoms. The highest BCUT2D eigenvalue weighted by molar-refractivity contribution is 5.96. The lowest BCUT2D eigenvalue weighted by Crippen LogP contribution is -2.30. The molecule has 0 bridgehead atoms. The smallest absolute Gasteiger partial charge is 0.306 e. The number of esters is 1. The number of methoxy groups -OCH3 is 2. The number of carbonyl (C=O) groups is 2. The molecule has 0 spiro atoms. The lowest BCUT2D eigenvalue weighted by molar-refractivity contribution is -0.153. The average molecular weight is 482 g/mol. The van der Waals surface area contributed by atoms with E-state index in [0.29, 0.717) is 28.8 Å². The van der Waals surface area contributed by atoms with Crippen LogP contribution in [0.3, 0.4) is 0 Å². The van der Waals surface area contributed by atoms with Gasteiger partial charge in [0.1, 0.15) is 0 Å². The third-order valence-corrected chi connectivity index (χ3v) is 5.71. The molecule has 0 aliphatic rings. The van der Waals surface area contributed by atoms with Gasteiger partial charge in [-0.2, -0.15) is 0 Å². The molecule has 9 heteroatoms. The highest BCUT2D eigenvalue weighted by Crippen LogP contribution is 2.29. The Morgan fingerprint density at radius 3 is 2.29 bits per heavy atom. The summed E-state index contributed by atoms with van der Waals surface area (Å²) in [4.78, 5) is 42.0. The molecule has 0 radical (unpaired) electrons. The van der Waals surface area contributed by atoms with Crippen LogP contribution < -0.4 is 20.3 Å². The van der Waals surface area contributed by atoms with Crippen molar-refractivity contribution in [3.05, 3.63) is 57.6 Å². The van der Waals surface area contributed by atoms with E-state index >= 15 is 0 Å². The molecule has 0 aliphatic heterocycles. The topological polar surface area (TPSA) is 109 Å². The van der Waals surface area contributed by atoms with Crippen LogP contribution in [-0.4, -0.2) is 41.8 Å². The number of benzene rings is 2. The summed E-state index contributed by atoms with van der Waals surface area (Å²) in [6.07, 6.45) is 0.889. The van der Waals surface area contributed by atoms with Gasteiger partial charge in [0, 0.05) is 24.7 Å². The van der Waals surface area contributed by atoms with Crippen LogP contribution >= 0.6 is 0 Å². The van der Waals surface area contributed by atoms with Crippen LogP contribution in [0.1, 0.15) is 36.5 Å². The zero-order valence-corrected chi connectivity index (χ0v) is 20.9. The van der Waals surface area contributed by atoms with Crippen LogP contribution in [0.4, 0.5) is 5.69 Å². The number of rotatable bonds is 9. The quantitative estimate of drug-likeness (QED) is 0.464. The summed E-state index contributed by atoms with van der Waals surface area (Å²) >= 11 is 0. The summed E-state index contributed by atoms with van der Waals surface area (Å²) in [7, 11) is 3.01. The highest BCUT2D eigenvalue weighted by Gasteiger charge is 2.19. The molecule has 186 valence electrons. The largest absolute Gasteiger partial charge is 0.493 e. The van der Waals surface area contributed by atoms with E-state index in [-0.39, 0.29) is 18.5 Å². The van der Waals surface area contributed by atoms with Gasteiger partial charge in [-0.25, -0.2) is 4.98 Å². The molecule has 1 aromatic heterocycles. The van der Waals surface area contributed by atoms with E-state index in [0.717, 1.165) is 22.4 Å². The number of hydrogen-bond donors (Lipinski definition) is 1. The molecule has 1 unspecified atom stereocenters. The maximum atomic E-state index is 12.8. The second-order valence-corrected chi connectivity index (χ2v) is 8.47.